The number of nitrogens with zero attached hydrogens (tertiary/aromatic N) is 3. The van der Waals surface area contributed by atoms with Crippen molar-refractivity contribution in [1.82, 2.24) is 4.98 Å². The van der Waals surface area contributed by atoms with E-state index in [-0.39, 0.29) is 29.0 Å². The third-order valence-electron chi connectivity index (χ3n) is 3.26. The second-order valence-corrected chi connectivity index (χ2v) is 7.81. The molecule has 0 saturated carbocycles. The predicted octanol–water partition coefficient (Wildman–Crippen LogP) is 4.14. The van der Waals surface area contributed by atoms with E-state index in [9.17, 15) is 23.2 Å². The number of carbonyl (C=O) groups excluding carboxylic acids is 1. The predicted molar refractivity (Wildman–Crippen MR) is 97.5 cm³/mol. The highest BCUT2D eigenvalue weighted by atomic mass is 35.5. The lowest BCUT2D eigenvalue weighted by atomic mass is 10.3. The molecule has 142 valence electrons. The maximum atomic E-state index is 12.2. The number of carbonyl (C=O) groups is 1. The summed E-state index contributed by atoms with van der Waals surface area (Å²) in [5.74, 6) is -0.0550. The molecule has 0 radical (unpaired) electrons. The molecule has 0 bridgehead atoms. The van der Waals surface area contributed by atoms with Gasteiger partial charge in [-0.25, -0.2) is 4.98 Å². The average Bonchev–Trinajstić information content (AvgIpc) is 2.94. The van der Waals surface area contributed by atoms with Gasteiger partial charge in [0.2, 0.25) is 5.91 Å². The summed E-state index contributed by atoms with van der Waals surface area (Å²) in [5, 5.41) is 12.4. The second-order valence-electron chi connectivity index (χ2n) is 5.25. The van der Waals surface area contributed by atoms with Crippen LogP contribution in [0.25, 0.3) is 10.6 Å². The fraction of sp³-hybridized carbons (Fsp3) is 0.400. The van der Waals surface area contributed by atoms with Crippen LogP contribution in [0.5, 0.6) is 0 Å². The summed E-state index contributed by atoms with van der Waals surface area (Å²) >= 11 is 8.34. The van der Waals surface area contributed by atoms with Crippen LogP contribution in [0, 0.1) is 5.21 Å². The van der Waals surface area contributed by atoms with E-state index in [0.29, 0.717) is 20.3 Å². The monoisotopic (exact) mass is 425 g/mol. The van der Waals surface area contributed by atoms with Gasteiger partial charge in [0, 0.05) is 31.0 Å². The fourth-order valence-corrected chi connectivity index (χ4v) is 4.14. The number of anilines is 1. The Balaban J connectivity index is 1.94. The SMILES string of the molecule is CN(C(=O)CCSCCC(F)(F)F)c1sc(-c2ccc[n+]([O-])c2)nc1Cl. The van der Waals surface area contributed by atoms with Crippen LogP contribution >= 0.6 is 34.7 Å². The molecule has 11 heteroatoms. The van der Waals surface area contributed by atoms with Crippen molar-refractivity contribution in [3.8, 4) is 10.6 Å². The summed E-state index contributed by atoms with van der Waals surface area (Å²) in [6.07, 6.45) is -2.28. The van der Waals surface area contributed by atoms with Gasteiger partial charge >= 0.3 is 6.18 Å². The van der Waals surface area contributed by atoms with Gasteiger partial charge in [0.25, 0.3) is 0 Å². The minimum Gasteiger partial charge on any atom is -0.619 e. The van der Waals surface area contributed by atoms with E-state index in [1.54, 1.807) is 12.1 Å². The summed E-state index contributed by atoms with van der Waals surface area (Å²) in [4.78, 5) is 17.7. The number of thiazole rings is 1. The lowest BCUT2D eigenvalue weighted by Gasteiger charge is -2.15. The minimum absolute atomic E-state index is 0.0742. The van der Waals surface area contributed by atoms with Crippen LogP contribution in [0.2, 0.25) is 5.15 Å². The highest BCUT2D eigenvalue weighted by Gasteiger charge is 2.26. The third kappa shape index (κ3) is 6.03. The lowest BCUT2D eigenvalue weighted by Crippen LogP contribution is -2.26. The Labute approximate surface area is 161 Å². The Morgan fingerprint density at radius 2 is 2.19 bits per heavy atom. The summed E-state index contributed by atoms with van der Waals surface area (Å²) in [6.45, 7) is 0. The maximum absolute atomic E-state index is 12.2. The van der Waals surface area contributed by atoms with Crippen LogP contribution in [0.1, 0.15) is 12.8 Å². The van der Waals surface area contributed by atoms with E-state index >= 15 is 0 Å². The highest BCUT2D eigenvalue weighted by Crippen LogP contribution is 2.37. The molecular formula is C15H15ClF3N3O2S2. The smallest absolute Gasteiger partial charge is 0.389 e. The molecular weight excluding hydrogens is 411 g/mol. The first-order valence-corrected chi connectivity index (χ1v) is 9.79. The molecule has 0 aliphatic carbocycles. The Kier molecular flexibility index (Phi) is 7.13. The molecule has 0 spiro atoms. The zero-order chi connectivity index (χ0) is 19.3. The molecule has 0 fully saturated rings. The van der Waals surface area contributed by atoms with Gasteiger partial charge in [-0.1, -0.05) is 22.9 Å². The molecule has 26 heavy (non-hydrogen) atoms. The zero-order valence-electron chi connectivity index (χ0n) is 13.6. The molecule has 0 aliphatic rings. The third-order valence-corrected chi connectivity index (χ3v) is 5.80. The molecule has 2 aromatic rings. The van der Waals surface area contributed by atoms with Gasteiger partial charge in [0.05, 0.1) is 12.0 Å². The lowest BCUT2D eigenvalue weighted by molar-refractivity contribution is -0.604. The van der Waals surface area contributed by atoms with Crippen LogP contribution in [0.3, 0.4) is 0 Å². The molecule has 5 nitrogen and oxygen atoms in total. The van der Waals surface area contributed by atoms with E-state index in [2.05, 4.69) is 4.98 Å². The van der Waals surface area contributed by atoms with Crippen molar-refractivity contribution in [1.29, 1.82) is 0 Å². The quantitative estimate of drug-likeness (QED) is 0.380. The van der Waals surface area contributed by atoms with E-state index in [1.807, 2.05) is 0 Å². The molecule has 0 unspecified atom stereocenters. The Hall–Kier alpha value is -1.52. The van der Waals surface area contributed by atoms with Crippen molar-refractivity contribution in [2.75, 3.05) is 23.5 Å². The minimum atomic E-state index is -4.18. The Morgan fingerprint density at radius 3 is 2.85 bits per heavy atom. The average molecular weight is 426 g/mol. The van der Waals surface area contributed by atoms with Gasteiger partial charge in [0.1, 0.15) is 10.0 Å². The van der Waals surface area contributed by atoms with E-state index in [1.165, 1.54) is 24.3 Å². The van der Waals surface area contributed by atoms with Gasteiger partial charge in [-0.3, -0.25) is 4.79 Å². The highest BCUT2D eigenvalue weighted by molar-refractivity contribution is 7.99. The first-order chi connectivity index (χ1) is 12.2. The van der Waals surface area contributed by atoms with Gasteiger partial charge in [-0.05, 0) is 6.07 Å². The van der Waals surface area contributed by atoms with Gasteiger partial charge in [0.15, 0.2) is 17.5 Å². The molecule has 0 saturated heterocycles. The largest absolute Gasteiger partial charge is 0.619 e. The molecule has 2 heterocycles. The van der Waals surface area contributed by atoms with E-state index in [4.69, 9.17) is 11.6 Å². The molecule has 2 rings (SSSR count). The zero-order valence-corrected chi connectivity index (χ0v) is 16.0. The number of rotatable bonds is 7. The molecule has 0 N–H and O–H groups in total. The maximum Gasteiger partial charge on any atom is 0.389 e. The number of aromatic nitrogens is 2. The Morgan fingerprint density at radius 1 is 1.46 bits per heavy atom. The number of halogens is 4. The second kappa shape index (κ2) is 8.92. The standard InChI is InChI=1S/C15H15ClF3N3O2S2/c1-21(11(23)4-7-25-8-5-15(17,18)19)14-12(16)20-13(26-14)10-3-2-6-22(24)9-10/h2-3,6,9H,4-5,7-8H2,1H3. The summed E-state index contributed by atoms with van der Waals surface area (Å²) in [7, 11) is 1.53. The van der Waals surface area contributed by atoms with Crippen LogP contribution in [0.15, 0.2) is 24.5 Å². The van der Waals surface area contributed by atoms with Crippen molar-refractivity contribution >= 4 is 45.6 Å². The molecule has 0 atom stereocenters. The van der Waals surface area contributed by atoms with Crippen LogP contribution in [-0.4, -0.2) is 35.6 Å². The number of alkyl halides is 3. The van der Waals surface area contributed by atoms with Crippen molar-refractivity contribution < 1.29 is 22.7 Å². The number of hydrogen-bond acceptors (Lipinski definition) is 5. The summed E-state index contributed by atoms with van der Waals surface area (Å²) < 4.78 is 36.9. The van der Waals surface area contributed by atoms with Crippen molar-refractivity contribution in [3.05, 3.63) is 34.9 Å². The normalized spacial score (nSPS) is 11.6. The topological polar surface area (TPSA) is 60.1 Å². The van der Waals surface area contributed by atoms with Gasteiger partial charge in [-0.15, -0.1) is 0 Å². The van der Waals surface area contributed by atoms with Gasteiger partial charge in [-0.2, -0.15) is 29.7 Å². The first kappa shape index (κ1) is 20.8. The first-order valence-electron chi connectivity index (χ1n) is 7.44. The van der Waals surface area contributed by atoms with Crippen molar-refractivity contribution in [2.45, 2.75) is 19.0 Å². The number of hydrogen-bond donors (Lipinski definition) is 0. The molecule has 2 aromatic heterocycles. The number of pyridine rings is 1. The Bertz CT molecular complexity index is 771. The fourth-order valence-electron chi connectivity index (χ4n) is 1.94. The van der Waals surface area contributed by atoms with E-state index in [0.717, 1.165) is 23.1 Å². The summed E-state index contributed by atoms with van der Waals surface area (Å²) in [5.41, 5.74) is 0.573. The van der Waals surface area contributed by atoms with Crippen molar-refractivity contribution in [2.24, 2.45) is 0 Å². The van der Waals surface area contributed by atoms with E-state index < -0.39 is 12.6 Å². The van der Waals surface area contributed by atoms with Crippen LogP contribution < -0.4 is 9.63 Å². The van der Waals surface area contributed by atoms with Crippen LogP contribution in [-0.2, 0) is 4.79 Å². The summed E-state index contributed by atoms with van der Waals surface area (Å²) in [6, 6.07) is 3.27. The number of amides is 1. The van der Waals surface area contributed by atoms with Gasteiger partial charge < -0.3 is 10.1 Å². The van der Waals surface area contributed by atoms with Crippen LogP contribution in [0.4, 0.5) is 18.2 Å². The van der Waals surface area contributed by atoms with Crippen molar-refractivity contribution in [3.63, 3.8) is 0 Å². The molecule has 0 aromatic carbocycles. The number of thioether (sulfide) groups is 1. The molecule has 1 amide bonds. The molecule has 0 aliphatic heterocycles.